The average molecular weight is 660 g/mol. The number of rotatable bonds is 13. The van der Waals surface area contributed by atoms with Crippen molar-refractivity contribution in [2.45, 2.75) is 71.0 Å². The normalized spacial score (nSPS) is 12.7. The van der Waals surface area contributed by atoms with Crippen molar-refractivity contribution in [3.05, 3.63) is 130 Å². The van der Waals surface area contributed by atoms with Crippen LogP contribution < -0.4 is 9.62 Å². The number of carbonyl (C=O) groups excluding carboxylic acids is 2. The molecule has 0 aliphatic heterocycles. The van der Waals surface area contributed by atoms with Gasteiger partial charge in [0.15, 0.2) is 0 Å². The minimum Gasteiger partial charge on any atom is -0.352 e. The van der Waals surface area contributed by atoms with Crippen LogP contribution in [0.4, 0.5) is 5.69 Å². The lowest BCUT2D eigenvalue weighted by Gasteiger charge is -2.34. The Kier molecular flexibility index (Phi) is 11.7. The van der Waals surface area contributed by atoms with Crippen LogP contribution >= 0.6 is 11.6 Å². The third kappa shape index (κ3) is 8.56. The molecule has 46 heavy (non-hydrogen) atoms. The van der Waals surface area contributed by atoms with Gasteiger partial charge in [-0.15, -0.1) is 0 Å². The van der Waals surface area contributed by atoms with Crippen molar-refractivity contribution in [1.82, 2.24) is 10.2 Å². The first-order valence-corrected chi connectivity index (χ1v) is 17.3. The van der Waals surface area contributed by atoms with E-state index >= 15 is 0 Å². The summed E-state index contributed by atoms with van der Waals surface area (Å²) in [6.45, 7) is 9.03. The highest BCUT2D eigenvalue weighted by molar-refractivity contribution is 7.92. The molecule has 0 aliphatic carbocycles. The quantitative estimate of drug-likeness (QED) is 0.167. The van der Waals surface area contributed by atoms with Crippen LogP contribution in [0.2, 0.25) is 5.02 Å². The minimum atomic E-state index is -4.22. The van der Waals surface area contributed by atoms with E-state index < -0.39 is 28.5 Å². The summed E-state index contributed by atoms with van der Waals surface area (Å²) < 4.78 is 29.7. The molecule has 0 fully saturated rings. The summed E-state index contributed by atoms with van der Waals surface area (Å²) >= 11 is 6.47. The number of carbonyl (C=O) groups is 2. The highest BCUT2D eigenvalue weighted by atomic mass is 35.5. The largest absolute Gasteiger partial charge is 0.352 e. The molecule has 2 amide bonds. The van der Waals surface area contributed by atoms with E-state index in [1.165, 1.54) is 17.0 Å². The number of hydrogen-bond acceptors (Lipinski definition) is 4. The van der Waals surface area contributed by atoms with Gasteiger partial charge in [-0.05, 0) is 75.1 Å². The van der Waals surface area contributed by atoms with E-state index in [1.807, 2.05) is 82.3 Å². The Bertz CT molecular complexity index is 1760. The summed E-state index contributed by atoms with van der Waals surface area (Å²) in [5.41, 5.74) is 4.43. The lowest BCUT2D eigenvalue weighted by atomic mass is 10.0. The fraction of sp³-hybridized carbons (Fsp3) is 0.297. The van der Waals surface area contributed by atoms with Crippen LogP contribution in [-0.2, 0) is 32.6 Å². The molecule has 0 saturated carbocycles. The number of sulfonamides is 1. The van der Waals surface area contributed by atoms with Crippen molar-refractivity contribution in [3.63, 3.8) is 0 Å². The maximum atomic E-state index is 14.6. The Hall–Kier alpha value is -4.14. The predicted octanol–water partition coefficient (Wildman–Crippen LogP) is 7.02. The van der Waals surface area contributed by atoms with Crippen LogP contribution in [0, 0.1) is 20.8 Å². The second-order valence-corrected chi connectivity index (χ2v) is 14.0. The molecule has 0 aromatic heterocycles. The maximum absolute atomic E-state index is 14.6. The van der Waals surface area contributed by atoms with Crippen molar-refractivity contribution < 1.29 is 18.0 Å². The van der Waals surface area contributed by atoms with Crippen LogP contribution in [-0.4, -0.2) is 43.8 Å². The molecular formula is C37H42ClN3O4S. The minimum absolute atomic E-state index is 0.0471. The van der Waals surface area contributed by atoms with Crippen LogP contribution in [0.5, 0.6) is 0 Å². The van der Waals surface area contributed by atoms with Gasteiger partial charge in [-0.1, -0.05) is 102 Å². The standard InChI is InChI=1S/C37H42ClN3O4S/c1-6-28(4)39-37(43)35(23-30-13-8-7-9-14-30)40(24-31-15-10-12-27(3)22-31)36(42)25-41(34-17-11-16-33(38)29(34)5)46(44,45)32-20-18-26(2)19-21-32/h7-22,28,35H,6,23-25H2,1-5H3,(H,39,43)/t28-,35+/m1/s1. The number of nitrogens with zero attached hydrogens (tertiary/aromatic N) is 2. The Labute approximate surface area is 278 Å². The molecule has 0 heterocycles. The molecule has 0 aliphatic rings. The summed E-state index contributed by atoms with van der Waals surface area (Å²) in [4.78, 5) is 30.2. The molecule has 4 aromatic carbocycles. The SMILES string of the molecule is CC[C@@H](C)NC(=O)[C@H](Cc1ccccc1)N(Cc1cccc(C)c1)C(=O)CN(c1cccc(Cl)c1C)S(=O)(=O)c1ccc(C)cc1. The second-order valence-electron chi connectivity index (χ2n) is 11.7. The zero-order valence-corrected chi connectivity index (χ0v) is 28.6. The van der Waals surface area contributed by atoms with E-state index in [4.69, 9.17) is 11.6 Å². The topological polar surface area (TPSA) is 86.8 Å². The lowest BCUT2D eigenvalue weighted by Crippen LogP contribution is -2.54. The molecule has 242 valence electrons. The molecule has 9 heteroatoms. The molecule has 4 aromatic rings. The zero-order valence-electron chi connectivity index (χ0n) is 27.0. The zero-order chi connectivity index (χ0) is 33.4. The molecule has 0 spiro atoms. The highest BCUT2D eigenvalue weighted by Gasteiger charge is 2.35. The smallest absolute Gasteiger partial charge is 0.264 e. The number of benzene rings is 4. The number of halogens is 1. The van der Waals surface area contributed by atoms with Crippen molar-refractivity contribution in [2.24, 2.45) is 0 Å². The molecule has 2 atom stereocenters. The summed E-state index contributed by atoms with van der Waals surface area (Å²) in [6, 6.07) is 27.7. The van der Waals surface area contributed by atoms with Gasteiger partial charge in [0.2, 0.25) is 11.8 Å². The highest BCUT2D eigenvalue weighted by Crippen LogP contribution is 2.31. The van der Waals surface area contributed by atoms with Gasteiger partial charge in [-0.3, -0.25) is 13.9 Å². The Morgan fingerprint density at radius 1 is 0.826 bits per heavy atom. The molecule has 0 bridgehead atoms. The first kappa shape index (κ1) is 34.7. The van der Waals surface area contributed by atoms with Crippen molar-refractivity contribution >= 4 is 39.1 Å². The third-order valence-electron chi connectivity index (χ3n) is 8.10. The number of aryl methyl sites for hydroxylation is 2. The molecule has 4 rings (SSSR count). The van der Waals surface area contributed by atoms with Gasteiger partial charge < -0.3 is 10.2 Å². The van der Waals surface area contributed by atoms with Gasteiger partial charge in [-0.25, -0.2) is 8.42 Å². The summed E-state index contributed by atoms with van der Waals surface area (Å²) in [5.74, 6) is -0.817. The van der Waals surface area contributed by atoms with Crippen LogP contribution in [0.1, 0.15) is 48.1 Å². The van der Waals surface area contributed by atoms with E-state index in [0.29, 0.717) is 22.7 Å². The van der Waals surface area contributed by atoms with Gasteiger partial charge in [0.25, 0.3) is 10.0 Å². The first-order valence-electron chi connectivity index (χ1n) is 15.4. The van der Waals surface area contributed by atoms with Crippen molar-refractivity contribution in [2.75, 3.05) is 10.8 Å². The molecule has 1 N–H and O–H groups in total. The van der Waals surface area contributed by atoms with E-state index in [2.05, 4.69) is 5.32 Å². The van der Waals surface area contributed by atoms with E-state index in [9.17, 15) is 18.0 Å². The van der Waals surface area contributed by atoms with Crippen molar-refractivity contribution in [3.8, 4) is 0 Å². The number of hydrogen-bond donors (Lipinski definition) is 1. The van der Waals surface area contributed by atoms with Gasteiger partial charge >= 0.3 is 0 Å². The number of amides is 2. The summed E-state index contributed by atoms with van der Waals surface area (Å²) in [6.07, 6.45) is 0.966. The van der Waals surface area contributed by atoms with Gasteiger partial charge in [0.1, 0.15) is 12.6 Å². The Morgan fingerprint density at radius 2 is 1.48 bits per heavy atom. The lowest BCUT2D eigenvalue weighted by molar-refractivity contribution is -0.140. The van der Waals surface area contributed by atoms with E-state index in [-0.39, 0.29) is 29.8 Å². The van der Waals surface area contributed by atoms with Crippen LogP contribution in [0.25, 0.3) is 0 Å². The maximum Gasteiger partial charge on any atom is 0.264 e. The first-order chi connectivity index (χ1) is 21.9. The average Bonchev–Trinajstić information content (AvgIpc) is 3.03. The summed E-state index contributed by atoms with van der Waals surface area (Å²) in [7, 11) is -4.22. The Morgan fingerprint density at radius 3 is 2.13 bits per heavy atom. The monoisotopic (exact) mass is 659 g/mol. The van der Waals surface area contributed by atoms with E-state index in [0.717, 1.165) is 26.6 Å². The third-order valence-corrected chi connectivity index (χ3v) is 10.3. The second kappa shape index (κ2) is 15.4. The summed E-state index contributed by atoms with van der Waals surface area (Å²) in [5, 5.41) is 3.44. The van der Waals surface area contributed by atoms with Gasteiger partial charge in [-0.2, -0.15) is 0 Å². The molecule has 7 nitrogen and oxygen atoms in total. The van der Waals surface area contributed by atoms with Crippen LogP contribution in [0.15, 0.2) is 102 Å². The molecule has 0 unspecified atom stereocenters. The predicted molar refractivity (Wildman–Crippen MR) is 185 cm³/mol. The number of nitrogens with one attached hydrogen (secondary N) is 1. The van der Waals surface area contributed by atoms with Crippen molar-refractivity contribution in [1.29, 1.82) is 0 Å². The van der Waals surface area contributed by atoms with Gasteiger partial charge in [0, 0.05) is 24.0 Å². The van der Waals surface area contributed by atoms with Crippen LogP contribution in [0.3, 0.4) is 0 Å². The molecule has 0 radical (unpaired) electrons. The fourth-order valence-electron chi connectivity index (χ4n) is 5.22. The molecular weight excluding hydrogens is 618 g/mol. The number of anilines is 1. The Balaban J connectivity index is 1.84. The molecule has 0 saturated heterocycles. The fourth-order valence-corrected chi connectivity index (χ4v) is 6.86. The van der Waals surface area contributed by atoms with E-state index in [1.54, 1.807) is 37.3 Å². The van der Waals surface area contributed by atoms with Gasteiger partial charge in [0.05, 0.1) is 10.6 Å².